The largest absolute Gasteiger partial charge is 0.493 e. The second kappa shape index (κ2) is 7.89. The van der Waals surface area contributed by atoms with E-state index in [0.717, 1.165) is 19.3 Å². The van der Waals surface area contributed by atoms with Gasteiger partial charge in [-0.25, -0.2) is 4.39 Å². The molecule has 0 aliphatic heterocycles. The van der Waals surface area contributed by atoms with Crippen LogP contribution in [0.2, 0.25) is 0 Å². The average molecular weight is 258 g/mol. The van der Waals surface area contributed by atoms with Crippen molar-refractivity contribution >= 4 is 6.08 Å². The van der Waals surface area contributed by atoms with Crippen molar-refractivity contribution in [3.63, 3.8) is 0 Å². The Hall–Kier alpha value is -2.33. The normalized spacial score (nSPS) is 9.26. The molecule has 0 heterocycles. The van der Waals surface area contributed by atoms with Crippen LogP contribution in [-0.2, 0) is 0 Å². The first-order chi connectivity index (χ1) is 9.21. The van der Waals surface area contributed by atoms with Crippen molar-refractivity contribution in [1.82, 2.24) is 0 Å². The smallest absolute Gasteiger partial charge is 0.130 e. The zero-order valence-electron chi connectivity index (χ0n) is 10.8. The van der Waals surface area contributed by atoms with E-state index in [1.807, 2.05) is 0 Å². The van der Waals surface area contributed by atoms with Gasteiger partial charge in [0.25, 0.3) is 0 Å². The number of hydrogen-bond acceptors (Lipinski definition) is 3. The SMILES string of the molecule is CCCCCOc1ccc(F)cc1C=C(C#N)C#N. The van der Waals surface area contributed by atoms with Crippen LogP contribution in [0.15, 0.2) is 23.8 Å². The van der Waals surface area contributed by atoms with Gasteiger partial charge in [-0.1, -0.05) is 19.8 Å². The van der Waals surface area contributed by atoms with Crippen LogP contribution in [0, 0.1) is 28.5 Å². The molecule has 0 aromatic heterocycles. The predicted octanol–water partition coefficient (Wildman–Crippen LogP) is 3.83. The molecule has 0 spiro atoms. The number of nitriles is 2. The van der Waals surface area contributed by atoms with Crippen LogP contribution in [0.5, 0.6) is 5.75 Å². The standard InChI is InChI=1S/C15H15FN2O/c1-2-3-4-7-19-15-6-5-14(16)9-13(15)8-12(10-17)11-18/h5-6,8-9H,2-4,7H2,1H3. The maximum atomic E-state index is 13.2. The van der Waals surface area contributed by atoms with Crippen molar-refractivity contribution < 1.29 is 9.13 Å². The lowest BCUT2D eigenvalue weighted by atomic mass is 10.1. The summed E-state index contributed by atoms with van der Waals surface area (Å²) in [6.07, 6.45) is 4.40. The third-order valence-electron chi connectivity index (χ3n) is 2.52. The monoisotopic (exact) mass is 258 g/mol. The first-order valence-corrected chi connectivity index (χ1v) is 6.15. The molecule has 19 heavy (non-hydrogen) atoms. The second-order valence-electron chi connectivity index (χ2n) is 4.02. The van der Waals surface area contributed by atoms with Gasteiger partial charge in [0.1, 0.15) is 29.3 Å². The third-order valence-corrected chi connectivity index (χ3v) is 2.52. The average Bonchev–Trinajstić information content (AvgIpc) is 2.42. The van der Waals surface area contributed by atoms with Crippen molar-refractivity contribution in [2.45, 2.75) is 26.2 Å². The van der Waals surface area contributed by atoms with E-state index in [0.29, 0.717) is 17.9 Å². The van der Waals surface area contributed by atoms with E-state index in [1.54, 1.807) is 12.1 Å². The van der Waals surface area contributed by atoms with Gasteiger partial charge in [-0.2, -0.15) is 10.5 Å². The van der Waals surface area contributed by atoms with Gasteiger partial charge in [-0.3, -0.25) is 0 Å². The summed E-state index contributed by atoms with van der Waals surface area (Å²) in [6, 6.07) is 7.55. The van der Waals surface area contributed by atoms with Crippen LogP contribution in [0.3, 0.4) is 0 Å². The van der Waals surface area contributed by atoms with Crippen molar-refractivity contribution in [3.05, 3.63) is 35.2 Å². The number of allylic oxidation sites excluding steroid dienone is 1. The number of hydrogen-bond donors (Lipinski definition) is 0. The summed E-state index contributed by atoms with van der Waals surface area (Å²) in [4.78, 5) is 0. The van der Waals surface area contributed by atoms with Crippen molar-refractivity contribution in [1.29, 1.82) is 10.5 Å². The van der Waals surface area contributed by atoms with E-state index in [-0.39, 0.29) is 5.57 Å². The molecule has 1 rings (SSSR count). The van der Waals surface area contributed by atoms with Crippen LogP contribution in [0.1, 0.15) is 31.7 Å². The Morgan fingerprint density at radius 2 is 2.05 bits per heavy atom. The molecule has 98 valence electrons. The van der Waals surface area contributed by atoms with Gasteiger partial charge in [0.15, 0.2) is 0 Å². The number of rotatable bonds is 6. The van der Waals surface area contributed by atoms with Crippen molar-refractivity contribution in [2.75, 3.05) is 6.61 Å². The molecular formula is C15H15FN2O. The molecule has 0 fully saturated rings. The minimum atomic E-state index is -0.428. The number of benzene rings is 1. The topological polar surface area (TPSA) is 56.8 Å². The van der Waals surface area contributed by atoms with Crippen LogP contribution in [0.4, 0.5) is 4.39 Å². The predicted molar refractivity (Wildman–Crippen MR) is 70.6 cm³/mol. The summed E-state index contributed by atoms with van der Waals surface area (Å²) < 4.78 is 18.8. The third kappa shape index (κ3) is 4.81. The molecule has 0 bridgehead atoms. The van der Waals surface area contributed by atoms with Gasteiger partial charge in [0.05, 0.1) is 6.61 Å². The highest BCUT2D eigenvalue weighted by atomic mass is 19.1. The summed E-state index contributed by atoms with van der Waals surface area (Å²) in [7, 11) is 0. The zero-order chi connectivity index (χ0) is 14.1. The lowest BCUT2D eigenvalue weighted by Gasteiger charge is -2.09. The second-order valence-corrected chi connectivity index (χ2v) is 4.02. The summed E-state index contributed by atoms with van der Waals surface area (Å²) in [5.41, 5.74) is 0.332. The Morgan fingerprint density at radius 1 is 1.32 bits per heavy atom. The molecule has 0 unspecified atom stereocenters. The van der Waals surface area contributed by atoms with E-state index in [9.17, 15) is 4.39 Å². The quantitative estimate of drug-likeness (QED) is 0.575. The van der Waals surface area contributed by atoms with Gasteiger partial charge < -0.3 is 4.74 Å². The minimum Gasteiger partial charge on any atom is -0.493 e. The van der Waals surface area contributed by atoms with E-state index >= 15 is 0 Å². The van der Waals surface area contributed by atoms with E-state index in [4.69, 9.17) is 15.3 Å². The number of nitrogens with zero attached hydrogens (tertiary/aromatic N) is 2. The molecule has 0 radical (unpaired) electrons. The molecule has 0 aliphatic carbocycles. The van der Waals surface area contributed by atoms with E-state index < -0.39 is 5.82 Å². The van der Waals surface area contributed by atoms with Crippen LogP contribution >= 0.6 is 0 Å². The van der Waals surface area contributed by atoms with Gasteiger partial charge >= 0.3 is 0 Å². The lowest BCUT2D eigenvalue weighted by Crippen LogP contribution is -1.99. The van der Waals surface area contributed by atoms with Crippen LogP contribution in [0.25, 0.3) is 6.08 Å². The maximum absolute atomic E-state index is 13.2. The highest BCUT2D eigenvalue weighted by Crippen LogP contribution is 2.22. The molecular weight excluding hydrogens is 243 g/mol. The van der Waals surface area contributed by atoms with Crippen molar-refractivity contribution in [2.24, 2.45) is 0 Å². The highest BCUT2D eigenvalue weighted by molar-refractivity contribution is 5.66. The van der Waals surface area contributed by atoms with Gasteiger partial charge in [-0.05, 0) is 30.7 Å². The first kappa shape index (κ1) is 14.7. The Morgan fingerprint density at radius 3 is 2.68 bits per heavy atom. The Kier molecular flexibility index (Phi) is 6.12. The highest BCUT2D eigenvalue weighted by Gasteiger charge is 2.05. The molecule has 0 saturated carbocycles. The molecule has 3 nitrogen and oxygen atoms in total. The number of unbranched alkanes of at least 4 members (excludes halogenated alkanes) is 2. The Bertz CT molecular complexity index is 522. The van der Waals surface area contributed by atoms with Gasteiger partial charge in [0.2, 0.25) is 0 Å². The Balaban J connectivity index is 2.90. The molecule has 0 N–H and O–H groups in total. The lowest BCUT2D eigenvalue weighted by molar-refractivity contribution is 0.305. The molecule has 0 atom stereocenters. The molecule has 0 amide bonds. The fourth-order valence-electron chi connectivity index (χ4n) is 1.54. The molecule has 0 aliphatic rings. The van der Waals surface area contributed by atoms with E-state index in [1.165, 1.54) is 24.3 Å². The zero-order valence-corrected chi connectivity index (χ0v) is 10.8. The van der Waals surface area contributed by atoms with Gasteiger partial charge in [-0.15, -0.1) is 0 Å². The molecule has 1 aromatic carbocycles. The first-order valence-electron chi connectivity index (χ1n) is 6.15. The summed E-state index contributed by atoms with van der Waals surface area (Å²) in [6.45, 7) is 2.63. The minimum absolute atomic E-state index is 0.0796. The maximum Gasteiger partial charge on any atom is 0.130 e. The molecule has 1 aromatic rings. The van der Waals surface area contributed by atoms with Crippen LogP contribution < -0.4 is 4.74 Å². The Labute approximate surface area is 112 Å². The fourth-order valence-corrected chi connectivity index (χ4v) is 1.54. The van der Waals surface area contributed by atoms with Crippen molar-refractivity contribution in [3.8, 4) is 17.9 Å². The van der Waals surface area contributed by atoms with Gasteiger partial charge in [0, 0.05) is 5.56 Å². The van der Waals surface area contributed by atoms with E-state index in [2.05, 4.69) is 6.92 Å². The summed E-state index contributed by atoms with van der Waals surface area (Å²) in [5.74, 6) is 0.0582. The number of ether oxygens (including phenoxy) is 1. The number of halogens is 1. The molecule has 0 saturated heterocycles. The fraction of sp³-hybridized carbons (Fsp3) is 0.333. The summed E-state index contributed by atoms with van der Waals surface area (Å²) in [5, 5.41) is 17.4. The van der Waals surface area contributed by atoms with Crippen LogP contribution in [-0.4, -0.2) is 6.61 Å². The molecule has 4 heteroatoms. The summed E-state index contributed by atoms with van der Waals surface area (Å²) >= 11 is 0.